The zero-order valence-electron chi connectivity index (χ0n) is 23.8. The van der Waals surface area contributed by atoms with Crippen LogP contribution >= 0.6 is 11.6 Å². The minimum Gasteiger partial charge on any atom is -0.497 e. The van der Waals surface area contributed by atoms with Crippen LogP contribution in [-0.2, 0) is 19.6 Å². The van der Waals surface area contributed by atoms with Crippen LogP contribution in [0.3, 0.4) is 0 Å². The van der Waals surface area contributed by atoms with Gasteiger partial charge in [0.2, 0.25) is 0 Å². The van der Waals surface area contributed by atoms with Gasteiger partial charge in [0.05, 0.1) is 31.0 Å². The predicted octanol–water partition coefficient (Wildman–Crippen LogP) is 4.72. The highest BCUT2D eigenvalue weighted by atomic mass is 35.5. The molecule has 0 fully saturated rings. The fourth-order valence-electron chi connectivity index (χ4n) is 3.92. The Balaban J connectivity index is 1.39. The van der Waals surface area contributed by atoms with Crippen molar-refractivity contribution in [3.63, 3.8) is 0 Å². The summed E-state index contributed by atoms with van der Waals surface area (Å²) in [6.07, 6.45) is 1.39. The third-order valence-corrected chi connectivity index (χ3v) is 8.04. The van der Waals surface area contributed by atoms with E-state index in [2.05, 4.69) is 15.8 Å². The molecule has 0 bridgehead atoms. The van der Waals surface area contributed by atoms with E-state index in [0.717, 1.165) is 4.31 Å². The molecule has 0 aromatic heterocycles. The minimum atomic E-state index is -4.16. The topological polar surface area (TPSA) is 136 Å². The molecule has 2 N–H and O–H groups in total. The van der Waals surface area contributed by atoms with Crippen molar-refractivity contribution in [3.8, 4) is 17.2 Å². The van der Waals surface area contributed by atoms with Gasteiger partial charge in [0.1, 0.15) is 23.8 Å². The van der Waals surface area contributed by atoms with Gasteiger partial charge in [-0.1, -0.05) is 35.9 Å². The van der Waals surface area contributed by atoms with Crippen molar-refractivity contribution in [2.45, 2.75) is 4.90 Å². The number of carbonyl (C=O) groups excluding carboxylic acids is 2. The molecular formula is C31H29ClN4O7S. The van der Waals surface area contributed by atoms with Gasteiger partial charge in [-0.3, -0.25) is 13.9 Å². The molecule has 0 atom stereocenters. The van der Waals surface area contributed by atoms with Crippen LogP contribution in [-0.4, -0.2) is 53.8 Å². The van der Waals surface area contributed by atoms with Gasteiger partial charge in [-0.2, -0.15) is 5.10 Å². The van der Waals surface area contributed by atoms with Gasteiger partial charge >= 0.3 is 0 Å². The number of nitrogens with zero attached hydrogens (tertiary/aromatic N) is 2. The number of ether oxygens (including phenoxy) is 3. The summed E-state index contributed by atoms with van der Waals surface area (Å²) in [5.74, 6) is 0.0569. The summed E-state index contributed by atoms with van der Waals surface area (Å²) in [6.45, 7) is -0.793. The van der Waals surface area contributed by atoms with E-state index in [1.54, 1.807) is 72.8 Å². The fraction of sp³-hybridized carbons (Fsp3) is 0.129. The number of methoxy groups -OCH3 is 2. The Morgan fingerprint density at radius 2 is 1.59 bits per heavy atom. The van der Waals surface area contributed by atoms with Crippen LogP contribution in [0.1, 0.15) is 5.56 Å². The molecule has 44 heavy (non-hydrogen) atoms. The molecule has 4 aromatic carbocycles. The summed E-state index contributed by atoms with van der Waals surface area (Å²) in [5.41, 5.74) is 3.68. The Morgan fingerprint density at radius 1 is 0.864 bits per heavy atom. The number of hydrazone groups is 1. The van der Waals surface area contributed by atoms with E-state index < -0.39 is 22.5 Å². The van der Waals surface area contributed by atoms with Gasteiger partial charge in [-0.05, 0) is 72.3 Å². The zero-order chi connectivity index (χ0) is 31.5. The first-order valence-electron chi connectivity index (χ1n) is 13.1. The average Bonchev–Trinajstić information content (AvgIpc) is 3.03. The average molecular weight is 637 g/mol. The lowest BCUT2D eigenvalue weighted by atomic mass is 10.2. The summed E-state index contributed by atoms with van der Waals surface area (Å²) in [5, 5.41) is 7.15. The van der Waals surface area contributed by atoms with E-state index in [1.165, 1.54) is 44.7 Å². The Labute approximate surface area is 260 Å². The van der Waals surface area contributed by atoms with Crippen molar-refractivity contribution < 1.29 is 32.2 Å². The van der Waals surface area contributed by atoms with Crippen molar-refractivity contribution >= 4 is 51.0 Å². The van der Waals surface area contributed by atoms with E-state index in [1.807, 2.05) is 0 Å². The Bertz CT molecular complexity index is 1730. The van der Waals surface area contributed by atoms with Crippen molar-refractivity contribution in [2.75, 3.05) is 37.0 Å². The molecule has 4 rings (SSSR count). The predicted molar refractivity (Wildman–Crippen MR) is 168 cm³/mol. The van der Waals surface area contributed by atoms with Crippen LogP contribution < -0.4 is 29.3 Å². The molecule has 228 valence electrons. The number of benzene rings is 4. The van der Waals surface area contributed by atoms with Crippen LogP contribution in [0.15, 0.2) is 107 Å². The van der Waals surface area contributed by atoms with Gasteiger partial charge in [0.25, 0.3) is 21.8 Å². The van der Waals surface area contributed by atoms with E-state index >= 15 is 0 Å². The number of rotatable bonds is 13. The van der Waals surface area contributed by atoms with Gasteiger partial charge in [0.15, 0.2) is 6.61 Å². The quantitative estimate of drug-likeness (QED) is 0.160. The molecule has 13 heteroatoms. The second kappa shape index (κ2) is 14.9. The van der Waals surface area contributed by atoms with Gasteiger partial charge in [-0.25, -0.2) is 13.8 Å². The standard InChI is InChI=1S/C31H29ClN4O7S/c1-41-26-15-16-28(29(18-26)42-2)36(44(39,40)27-9-4-3-5-10-27)20-30(37)35-33-19-22-11-13-25(14-12-22)43-21-31(38)34-24-8-6-7-23(32)17-24/h3-19H,20-21H2,1-2H3,(H,34,38)(H,35,37)/b33-19-. The second-order valence-corrected chi connectivity index (χ2v) is 11.4. The second-order valence-electron chi connectivity index (χ2n) is 9.07. The minimum absolute atomic E-state index is 0.00146. The maximum atomic E-state index is 13.6. The number of carbonyl (C=O) groups is 2. The third-order valence-electron chi connectivity index (χ3n) is 6.04. The molecule has 0 aliphatic heterocycles. The third kappa shape index (κ3) is 8.49. The Hall–Kier alpha value is -5.07. The van der Waals surface area contributed by atoms with Gasteiger partial charge in [0, 0.05) is 16.8 Å². The maximum absolute atomic E-state index is 13.6. The van der Waals surface area contributed by atoms with Crippen LogP contribution in [0.4, 0.5) is 11.4 Å². The summed E-state index contributed by atoms with van der Waals surface area (Å²) in [4.78, 5) is 25.1. The van der Waals surface area contributed by atoms with Gasteiger partial charge < -0.3 is 19.5 Å². The molecule has 0 heterocycles. The zero-order valence-corrected chi connectivity index (χ0v) is 25.3. The summed E-state index contributed by atoms with van der Waals surface area (Å²) in [7, 11) is -1.30. The molecule has 11 nitrogen and oxygen atoms in total. The smallest absolute Gasteiger partial charge is 0.264 e. The highest BCUT2D eigenvalue weighted by Gasteiger charge is 2.29. The van der Waals surface area contributed by atoms with Crippen molar-refractivity contribution in [3.05, 3.63) is 108 Å². The highest BCUT2D eigenvalue weighted by Crippen LogP contribution is 2.35. The fourth-order valence-corrected chi connectivity index (χ4v) is 5.56. The van der Waals surface area contributed by atoms with E-state index in [4.69, 9.17) is 25.8 Å². The summed E-state index contributed by atoms with van der Waals surface area (Å²) in [6, 6.07) is 25.7. The first-order chi connectivity index (χ1) is 21.2. The molecular weight excluding hydrogens is 608 g/mol. The number of sulfonamides is 1. The lowest BCUT2D eigenvalue weighted by molar-refractivity contribution is -0.119. The van der Waals surface area contributed by atoms with E-state index in [9.17, 15) is 18.0 Å². The number of hydrogen-bond donors (Lipinski definition) is 2. The molecule has 0 unspecified atom stereocenters. The number of anilines is 2. The lowest BCUT2D eigenvalue weighted by Gasteiger charge is -2.25. The van der Waals surface area contributed by atoms with E-state index in [-0.39, 0.29) is 28.8 Å². The first kappa shape index (κ1) is 31.9. The molecule has 0 radical (unpaired) electrons. The molecule has 0 saturated heterocycles. The van der Waals surface area contributed by atoms with Crippen LogP contribution in [0, 0.1) is 0 Å². The maximum Gasteiger partial charge on any atom is 0.264 e. The first-order valence-corrected chi connectivity index (χ1v) is 14.9. The molecule has 0 saturated carbocycles. The molecule has 0 aliphatic carbocycles. The molecule has 2 amide bonds. The normalized spacial score (nSPS) is 11.1. The largest absolute Gasteiger partial charge is 0.497 e. The number of halogens is 1. The summed E-state index contributed by atoms with van der Waals surface area (Å²) < 4.78 is 44.3. The Kier molecular flexibility index (Phi) is 10.8. The molecule has 0 spiro atoms. The van der Waals surface area contributed by atoms with Gasteiger partial charge in [-0.15, -0.1) is 0 Å². The number of amides is 2. The van der Waals surface area contributed by atoms with E-state index in [0.29, 0.717) is 27.8 Å². The van der Waals surface area contributed by atoms with Crippen LogP contribution in [0.5, 0.6) is 17.2 Å². The summed E-state index contributed by atoms with van der Waals surface area (Å²) >= 11 is 5.93. The van der Waals surface area contributed by atoms with Crippen molar-refractivity contribution in [1.29, 1.82) is 0 Å². The number of hydrogen-bond acceptors (Lipinski definition) is 8. The molecule has 4 aromatic rings. The van der Waals surface area contributed by atoms with Crippen molar-refractivity contribution in [2.24, 2.45) is 5.10 Å². The monoisotopic (exact) mass is 636 g/mol. The molecule has 0 aliphatic rings. The highest BCUT2D eigenvalue weighted by molar-refractivity contribution is 7.92. The Morgan fingerprint density at radius 3 is 2.27 bits per heavy atom. The van der Waals surface area contributed by atoms with Crippen LogP contribution in [0.25, 0.3) is 0 Å². The van der Waals surface area contributed by atoms with Crippen molar-refractivity contribution in [1.82, 2.24) is 5.43 Å². The van der Waals surface area contributed by atoms with Crippen LogP contribution in [0.2, 0.25) is 5.02 Å². The number of nitrogens with one attached hydrogen (secondary N) is 2. The lowest BCUT2D eigenvalue weighted by Crippen LogP contribution is -2.39. The SMILES string of the molecule is COc1ccc(N(CC(=O)N/N=C\c2ccc(OCC(=O)Nc3cccc(Cl)c3)cc2)S(=O)(=O)c2ccccc2)c(OC)c1.